The van der Waals surface area contributed by atoms with E-state index in [4.69, 9.17) is 16.3 Å². The van der Waals surface area contributed by atoms with Crippen molar-refractivity contribution in [3.8, 4) is 0 Å². The molecule has 36 heavy (non-hydrogen) atoms. The van der Waals surface area contributed by atoms with Crippen LogP contribution in [0.2, 0.25) is 5.02 Å². The number of aryl methyl sites for hydroxylation is 1. The Labute approximate surface area is 218 Å². The van der Waals surface area contributed by atoms with Crippen LogP contribution in [0.3, 0.4) is 0 Å². The maximum Gasteiger partial charge on any atom is 0.408 e. The molecule has 2 aromatic carbocycles. The molecule has 2 unspecified atom stereocenters. The number of nitrogens with one attached hydrogen (secondary N) is 2. The smallest absolute Gasteiger partial charge is 0.408 e. The van der Waals surface area contributed by atoms with Gasteiger partial charge < -0.3 is 20.3 Å². The number of para-hydroxylation sites is 1. The van der Waals surface area contributed by atoms with Crippen LogP contribution in [0.5, 0.6) is 0 Å². The number of alkyl carbamates (subject to hydrolysis) is 1. The fourth-order valence-electron chi connectivity index (χ4n) is 3.71. The first-order valence-electron chi connectivity index (χ1n) is 12.0. The van der Waals surface area contributed by atoms with Crippen LogP contribution in [-0.4, -0.2) is 41.0 Å². The van der Waals surface area contributed by atoms with Gasteiger partial charge in [-0.1, -0.05) is 61.5 Å². The van der Waals surface area contributed by atoms with Crippen molar-refractivity contribution in [3.63, 3.8) is 0 Å². The first kappa shape index (κ1) is 28.9. The van der Waals surface area contributed by atoms with E-state index in [0.717, 1.165) is 11.1 Å². The van der Waals surface area contributed by atoms with E-state index in [1.165, 1.54) is 4.90 Å². The Morgan fingerprint density at radius 1 is 1.17 bits per heavy atom. The fourth-order valence-corrected chi connectivity index (χ4v) is 3.98. The molecule has 0 radical (unpaired) electrons. The van der Waals surface area contributed by atoms with Gasteiger partial charge >= 0.3 is 6.09 Å². The maximum atomic E-state index is 13.8. The molecule has 0 aliphatic heterocycles. The Morgan fingerprint density at radius 2 is 1.83 bits per heavy atom. The highest BCUT2D eigenvalue weighted by Gasteiger charge is 2.34. The summed E-state index contributed by atoms with van der Waals surface area (Å²) in [7, 11) is 0. The molecule has 2 atom stereocenters. The third-order valence-corrected chi connectivity index (χ3v) is 5.66. The highest BCUT2D eigenvalue weighted by molar-refractivity contribution is 6.34. The summed E-state index contributed by atoms with van der Waals surface area (Å²) < 4.78 is 5.30. The molecule has 7 nitrogen and oxygen atoms in total. The molecule has 8 heteroatoms. The Hall–Kier alpha value is -3.32. The van der Waals surface area contributed by atoms with E-state index in [1.807, 2.05) is 38.1 Å². The molecule has 3 amide bonds. The summed E-state index contributed by atoms with van der Waals surface area (Å²) in [5.41, 5.74) is 1.99. The van der Waals surface area contributed by atoms with Crippen molar-refractivity contribution in [1.29, 1.82) is 0 Å². The van der Waals surface area contributed by atoms with Gasteiger partial charge in [0, 0.05) is 6.54 Å². The quantitative estimate of drug-likeness (QED) is 0.422. The number of benzene rings is 2. The van der Waals surface area contributed by atoms with Gasteiger partial charge in [-0.15, -0.1) is 0 Å². The van der Waals surface area contributed by atoms with Crippen molar-refractivity contribution >= 4 is 41.3 Å². The molecule has 0 heterocycles. The molecule has 0 saturated heterocycles. The molecule has 0 spiro atoms. The monoisotopic (exact) mass is 513 g/mol. The van der Waals surface area contributed by atoms with Gasteiger partial charge in [-0.25, -0.2) is 4.79 Å². The number of hydrogen-bond donors (Lipinski definition) is 2. The van der Waals surface area contributed by atoms with Crippen molar-refractivity contribution in [2.75, 3.05) is 11.9 Å². The van der Waals surface area contributed by atoms with Crippen LogP contribution in [0.15, 0.2) is 49.0 Å². The lowest BCUT2D eigenvalue weighted by Crippen LogP contribution is -2.51. The molecule has 2 N–H and O–H groups in total. The van der Waals surface area contributed by atoms with Gasteiger partial charge in [-0.2, -0.15) is 0 Å². The molecular formula is C28H36ClN3O4. The lowest BCUT2D eigenvalue weighted by atomic mass is 10.00. The van der Waals surface area contributed by atoms with Crippen LogP contribution in [0.25, 0.3) is 6.08 Å². The zero-order valence-corrected chi connectivity index (χ0v) is 22.6. The molecule has 2 rings (SSSR count). The Balaban J connectivity index is 2.47. The van der Waals surface area contributed by atoms with Crippen molar-refractivity contribution in [2.24, 2.45) is 0 Å². The van der Waals surface area contributed by atoms with Crippen molar-refractivity contribution in [1.82, 2.24) is 10.2 Å². The summed E-state index contributed by atoms with van der Waals surface area (Å²) in [6, 6.07) is 10.7. The molecule has 2 aromatic rings. The van der Waals surface area contributed by atoms with Crippen LogP contribution < -0.4 is 10.6 Å². The minimum atomic E-state index is -0.976. The number of ether oxygens (including phenoxy) is 1. The van der Waals surface area contributed by atoms with E-state index in [2.05, 4.69) is 17.2 Å². The zero-order chi connectivity index (χ0) is 27.0. The van der Waals surface area contributed by atoms with Crippen LogP contribution in [0.1, 0.15) is 63.8 Å². The molecule has 0 aromatic heterocycles. The van der Waals surface area contributed by atoms with E-state index in [9.17, 15) is 14.4 Å². The number of hydrogen-bond acceptors (Lipinski definition) is 4. The van der Waals surface area contributed by atoms with E-state index in [0.29, 0.717) is 22.7 Å². The van der Waals surface area contributed by atoms with Crippen molar-refractivity contribution in [3.05, 3.63) is 70.8 Å². The van der Waals surface area contributed by atoms with Crippen molar-refractivity contribution < 1.29 is 19.1 Å². The summed E-state index contributed by atoms with van der Waals surface area (Å²) in [5, 5.41) is 5.90. The molecule has 0 bridgehead atoms. The molecule has 0 saturated carbocycles. The second-order valence-corrected chi connectivity index (χ2v) is 10.0. The topological polar surface area (TPSA) is 87.7 Å². The van der Waals surface area contributed by atoms with Gasteiger partial charge in [0.2, 0.25) is 5.91 Å². The first-order chi connectivity index (χ1) is 16.9. The second-order valence-electron chi connectivity index (χ2n) is 9.60. The van der Waals surface area contributed by atoms with Crippen LogP contribution in [0, 0.1) is 6.92 Å². The molecule has 0 aliphatic carbocycles. The van der Waals surface area contributed by atoms with E-state index >= 15 is 0 Å². The van der Waals surface area contributed by atoms with Crippen LogP contribution >= 0.6 is 11.6 Å². The number of anilines is 1. The summed E-state index contributed by atoms with van der Waals surface area (Å²) in [5.74, 6) is -0.832. The van der Waals surface area contributed by atoms with Gasteiger partial charge in [0.1, 0.15) is 17.7 Å². The summed E-state index contributed by atoms with van der Waals surface area (Å²) in [6.07, 6.45) is 1.57. The third-order valence-electron chi connectivity index (χ3n) is 5.34. The molecule has 0 aliphatic rings. The Morgan fingerprint density at radius 3 is 2.42 bits per heavy atom. The third kappa shape index (κ3) is 7.85. The van der Waals surface area contributed by atoms with Crippen LogP contribution in [0.4, 0.5) is 10.5 Å². The van der Waals surface area contributed by atoms with Gasteiger partial charge in [0.25, 0.3) is 5.91 Å². The van der Waals surface area contributed by atoms with E-state index in [1.54, 1.807) is 52.0 Å². The minimum absolute atomic E-state index is 0.289. The highest BCUT2D eigenvalue weighted by atomic mass is 35.5. The van der Waals surface area contributed by atoms with Crippen LogP contribution in [-0.2, 0) is 14.3 Å². The lowest BCUT2D eigenvalue weighted by Gasteiger charge is -2.33. The normalized spacial score (nSPS) is 12.8. The standard InChI is InChI=1S/C28H36ClN3O4/c1-8-16-32(26(34)19(4)30-27(35)36-28(5,6)7)24(21-14-11-13-20(9-2)17-21)25(33)31-23-18(3)12-10-15-22(23)29/h9-15,17,19,24H,2,8,16H2,1,3-7H3,(H,30,35)(H,31,33). The van der Waals surface area contributed by atoms with Gasteiger partial charge in [0.15, 0.2) is 0 Å². The van der Waals surface area contributed by atoms with Gasteiger partial charge in [-0.3, -0.25) is 9.59 Å². The molecule has 0 fully saturated rings. The highest BCUT2D eigenvalue weighted by Crippen LogP contribution is 2.30. The number of rotatable bonds is 9. The second kappa shape index (κ2) is 12.6. The largest absolute Gasteiger partial charge is 0.444 e. The number of carbonyl (C=O) groups is 3. The Kier molecular flexibility index (Phi) is 10.1. The average Bonchev–Trinajstić information content (AvgIpc) is 2.79. The summed E-state index contributed by atoms with van der Waals surface area (Å²) in [6.45, 7) is 14.7. The summed E-state index contributed by atoms with van der Waals surface area (Å²) >= 11 is 6.37. The summed E-state index contributed by atoms with van der Waals surface area (Å²) in [4.78, 5) is 41.2. The number of halogens is 1. The average molecular weight is 514 g/mol. The number of amides is 3. The van der Waals surface area contributed by atoms with E-state index < -0.39 is 35.6 Å². The predicted molar refractivity (Wildman–Crippen MR) is 145 cm³/mol. The zero-order valence-electron chi connectivity index (χ0n) is 21.9. The number of carbonyl (C=O) groups excluding carboxylic acids is 3. The minimum Gasteiger partial charge on any atom is -0.444 e. The van der Waals surface area contributed by atoms with Gasteiger partial charge in [-0.05, 0) is 69.9 Å². The predicted octanol–water partition coefficient (Wildman–Crippen LogP) is 6.12. The molecule has 194 valence electrons. The Bertz CT molecular complexity index is 1090. The van der Waals surface area contributed by atoms with Crippen molar-refractivity contribution in [2.45, 2.75) is 65.6 Å². The fraction of sp³-hybridized carbons (Fsp3) is 0.393. The lowest BCUT2D eigenvalue weighted by molar-refractivity contribution is -0.140. The molecular weight excluding hydrogens is 478 g/mol. The number of nitrogens with zero attached hydrogens (tertiary/aromatic N) is 1. The SMILES string of the molecule is C=Cc1cccc(C(C(=O)Nc2c(C)cccc2Cl)N(CCC)C(=O)C(C)NC(=O)OC(C)(C)C)c1. The maximum absolute atomic E-state index is 13.8. The van der Waals surface area contributed by atoms with Gasteiger partial charge in [0.05, 0.1) is 10.7 Å². The first-order valence-corrected chi connectivity index (χ1v) is 12.3. The van der Waals surface area contributed by atoms with E-state index in [-0.39, 0.29) is 6.54 Å².